The SMILES string of the molecule is COCCn1c(C)c(C)c2ccnc(OCc3ccc(F)cc3)c21.O=S(=O)(O)O. The Kier molecular flexibility index (Phi) is 7.68. The highest BCUT2D eigenvalue weighted by molar-refractivity contribution is 7.79. The van der Waals surface area contributed by atoms with Crippen molar-refractivity contribution in [1.29, 1.82) is 0 Å². The number of nitrogens with zero attached hydrogens (tertiary/aromatic N) is 2. The lowest BCUT2D eigenvalue weighted by atomic mass is 10.2. The lowest BCUT2D eigenvalue weighted by Crippen LogP contribution is -2.07. The van der Waals surface area contributed by atoms with Gasteiger partial charge in [-0.15, -0.1) is 0 Å². The summed E-state index contributed by atoms with van der Waals surface area (Å²) in [5, 5.41) is 1.13. The van der Waals surface area contributed by atoms with Gasteiger partial charge in [0.1, 0.15) is 17.9 Å². The van der Waals surface area contributed by atoms with Crippen LogP contribution in [0.15, 0.2) is 36.5 Å². The third-order valence-corrected chi connectivity index (χ3v) is 4.32. The standard InChI is InChI=1S/C19H21FN2O2.H2O4S/c1-13-14(2)22(10-11-23-3)18-17(13)8-9-21-19(18)24-12-15-4-6-16(20)7-5-15;1-5(2,3)4/h4-9H,10-12H2,1-3H3;(H2,1,2,3,4). The van der Waals surface area contributed by atoms with E-state index >= 15 is 0 Å². The van der Waals surface area contributed by atoms with E-state index in [0.717, 1.165) is 23.0 Å². The Hall–Kier alpha value is -2.53. The van der Waals surface area contributed by atoms with E-state index in [2.05, 4.69) is 23.4 Å². The molecule has 0 aliphatic carbocycles. The number of hydrogen-bond acceptors (Lipinski definition) is 5. The first-order chi connectivity index (χ1) is 13.6. The van der Waals surface area contributed by atoms with Gasteiger partial charge >= 0.3 is 10.4 Å². The van der Waals surface area contributed by atoms with Gasteiger partial charge in [0.25, 0.3) is 0 Å². The van der Waals surface area contributed by atoms with Crippen LogP contribution in [0.4, 0.5) is 4.39 Å². The maximum Gasteiger partial charge on any atom is 0.394 e. The van der Waals surface area contributed by atoms with Crippen LogP contribution in [0.5, 0.6) is 5.88 Å². The molecule has 0 unspecified atom stereocenters. The lowest BCUT2D eigenvalue weighted by molar-refractivity contribution is 0.187. The average molecular weight is 426 g/mol. The second-order valence-electron chi connectivity index (χ2n) is 6.23. The van der Waals surface area contributed by atoms with Crippen LogP contribution in [0.3, 0.4) is 0 Å². The highest BCUT2D eigenvalue weighted by atomic mass is 32.3. The molecule has 3 rings (SSSR count). The van der Waals surface area contributed by atoms with Crippen LogP contribution < -0.4 is 4.74 Å². The van der Waals surface area contributed by atoms with Crippen molar-refractivity contribution in [2.24, 2.45) is 0 Å². The van der Waals surface area contributed by atoms with Gasteiger partial charge in [0.15, 0.2) is 0 Å². The fourth-order valence-corrected chi connectivity index (χ4v) is 2.86. The third-order valence-electron chi connectivity index (χ3n) is 4.32. The molecule has 2 heterocycles. The lowest BCUT2D eigenvalue weighted by Gasteiger charge is -2.11. The number of rotatable bonds is 6. The van der Waals surface area contributed by atoms with Crippen LogP contribution in [-0.4, -0.2) is 40.8 Å². The zero-order valence-corrected chi connectivity index (χ0v) is 17.1. The zero-order valence-electron chi connectivity index (χ0n) is 16.3. The molecule has 0 atom stereocenters. The van der Waals surface area contributed by atoms with Crippen LogP contribution in [0.25, 0.3) is 10.9 Å². The van der Waals surface area contributed by atoms with E-state index in [1.807, 2.05) is 6.07 Å². The summed E-state index contributed by atoms with van der Waals surface area (Å²) in [5.74, 6) is 0.336. The van der Waals surface area contributed by atoms with E-state index < -0.39 is 10.4 Å². The summed E-state index contributed by atoms with van der Waals surface area (Å²) in [6.45, 7) is 5.90. The fourth-order valence-electron chi connectivity index (χ4n) is 2.86. The van der Waals surface area contributed by atoms with Crippen molar-refractivity contribution in [3.05, 3.63) is 59.2 Å². The number of aryl methyl sites for hydroxylation is 1. The van der Waals surface area contributed by atoms with Crippen molar-refractivity contribution in [2.75, 3.05) is 13.7 Å². The smallest absolute Gasteiger partial charge is 0.394 e. The minimum Gasteiger partial charge on any atom is -0.471 e. The van der Waals surface area contributed by atoms with Gasteiger partial charge in [-0.05, 0) is 43.2 Å². The van der Waals surface area contributed by atoms with E-state index in [1.54, 1.807) is 25.4 Å². The molecule has 2 aromatic heterocycles. The molecule has 29 heavy (non-hydrogen) atoms. The normalized spacial score (nSPS) is 11.2. The van der Waals surface area contributed by atoms with Crippen molar-refractivity contribution in [3.8, 4) is 5.88 Å². The quantitative estimate of drug-likeness (QED) is 0.582. The van der Waals surface area contributed by atoms with Crippen LogP contribution in [0.2, 0.25) is 0 Å². The number of halogens is 1. The molecule has 0 amide bonds. The molecule has 0 saturated heterocycles. The third kappa shape index (κ3) is 6.50. The van der Waals surface area contributed by atoms with Crippen LogP contribution in [-0.2, 0) is 28.3 Å². The van der Waals surface area contributed by atoms with Gasteiger partial charge < -0.3 is 14.0 Å². The van der Waals surface area contributed by atoms with E-state index in [1.165, 1.54) is 23.4 Å². The first kappa shape index (κ1) is 22.8. The van der Waals surface area contributed by atoms with Gasteiger partial charge in [0, 0.05) is 30.9 Å². The maximum atomic E-state index is 13.0. The fraction of sp³-hybridized carbons (Fsp3) is 0.316. The van der Waals surface area contributed by atoms with Gasteiger partial charge in [-0.3, -0.25) is 9.11 Å². The van der Waals surface area contributed by atoms with Crippen molar-refractivity contribution in [3.63, 3.8) is 0 Å². The number of ether oxygens (including phenoxy) is 2. The number of hydrogen-bond donors (Lipinski definition) is 2. The monoisotopic (exact) mass is 426 g/mol. The molecular weight excluding hydrogens is 403 g/mol. The van der Waals surface area contributed by atoms with Gasteiger partial charge in [-0.1, -0.05) is 12.1 Å². The highest BCUT2D eigenvalue weighted by Crippen LogP contribution is 2.31. The molecule has 0 radical (unpaired) electrons. The molecule has 2 N–H and O–H groups in total. The maximum absolute atomic E-state index is 13.0. The Morgan fingerprint density at radius 1 is 1.14 bits per heavy atom. The van der Waals surface area contributed by atoms with E-state index in [0.29, 0.717) is 19.1 Å². The summed E-state index contributed by atoms with van der Waals surface area (Å²) in [5.41, 5.74) is 4.28. The Morgan fingerprint density at radius 3 is 2.34 bits per heavy atom. The molecule has 3 aromatic rings. The molecule has 1 aromatic carbocycles. The van der Waals surface area contributed by atoms with E-state index in [9.17, 15) is 4.39 Å². The Balaban J connectivity index is 0.000000537. The minimum absolute atomic E-state index is 0.251. The zero-order chi connectivity index (χ0) is 21.6. The van der Waals surface area contributed by atoms with Gasteiger partial charge in [0.2, 0.25) is 5.88 Å². The molecule has 0 bridgehead atoms. The minimum atomic E-state index is -4.67. The number of fused-ring (bicyclic) bond motifs is 1. The Morgan fingerprint density at radius 2 is 1.76 bits per heavy atom. The Bertz CT molecular complexity index is 1060. The molecule has 8 nitrogen and oxygen atoms in total. The van der Waals surface area contributed by atoms with Crippen molar-refractivity contribution in [1.82, 2.24) is 9.55 Å². The van der Waals surface area contributed by atoms with E-state index in [4.69, 9.17) is 27.0 Å². The van der Waals surface area contributed by atoms with Gasteiger partial charge in [-0.2, -0.15) is 8.42 Å². The predicted molar refractivity (Wildman–Crippen MR) is 106 cm³/mol. The molecule has 0 aliphatic heterocycles. The molecule has 0 fully saturated rings. The molecule has 0 aliphatic rings. The summed E-state index contributed by atoms with van der Waals surface area (Å²) < 4.78 is 57.9. The largest absolute Gasteiger partial charge is 0.471 e. The van der Waals surface area contributed by atoms with E-state index in [-0.39, 0.29) is 5.82 Å². The van der Waals surface area contributed by atoms with Crippen molar-refractivity contribution in [2.45, 2.75) is 27.0 Å². The second kappa shape index (κ2) is 9.79. The predicted octanol–water partition coefficient (Wildman–Crippen LogP) is 3.36. The topological polar surface area (TPSA) is 111 Å². The second-order valence-corrected chi connectivity index (χ2v) is 7.13. The number of aromatic nitrogens is 2. The molecule has 158 valence electrons. The first-order valence-electron chi connectivity index (χ1n) is 8.62. The summed E-state index contributed by atoms with van der Waals surface area (Å²) in [4.78, 5) is 4.40. The average Bonchev–Trinajstić information content (AvgIpc) is 2.89. The van der Waals surface area contributed by atoms with Gasteiger partial charge in [-0.25, -0.2) is 9.37 Å². The number of methoxy groups -OCH3 is 1. The molecule has 10 heteroatoms. The number of benzene rings is 1. The van der Waals surface area contributed by atoms with Crippen LogP contribution >= 0.6 is 0 Å². The summed E-state index contributed by atoms with van der Waals surface area (Å²) in [6.07, 6.45) is 1.76. The van der Waals surface area contributed by atoms with Crippen LogP contribution in [0, 0.1) is 19.7 Å². The molecular formula is C19H23FN2O6S. The Labute approximate surface area is 168 Å². The summed E-state index contributed by atoms with van der Waals surface area (Å²) in [7, 11) is -2.97. The highest BCUT2D eigenvalue weighted by Gasteiger charge is 2.16. The van der Waals surface area contributed by atoms with Crippen molar-refractivity contribution < 1.29 is 31.4 Å². The number of pyridine rings is 1. The molecule has 0 spiro atoms. The van der Waals surface area contributed by atoms with Crippen LogP contribution in [0.1, 0.15) is 16.8 Å². The van der Waals surface area contributed by atoms with Gasteiger partial charge in [0.05, 0.1) is 6.61 Å². The molecule has 0 saturated carbocycles. The first-order valence-corrected chi connectivity index (χ1v) is 10.0. The summed E-state index contributed by atoms with van der Waals surface area (Å²) in [6, 6.07) is 8.31. The van der Waals surface area contributed by atoms with Crippen molar-refractivity contribution >= 4 is 21.3 Å². The summed E-state index contributed by atoms with van der Waals surface area (Å²) >= 11 is 0.